The molecule has 14 heteroatoms. The highest BCUT2D eigenvalue weighted by atomic mass is 32.1. The van der Waals surface area contributed by atoms with E-state index in [9.17, 15) is 19.8 Å². The van der Waals surface area contributed by atoms with Crippen LogP contribution in [-0.2, 0) is 6.54 Å². The second kappa shape index (κ2) is 14.1. The molecule has 1 aliphatic heterocycles. The van der Waals surface area contributed by atoms with Gasteiger partial charge in [0.1, 0.15) is 23.8 Å². The van der Waals surface area contributed by atoms with Crippen LogP contribution >= 0.6 is 24.4 Å². The van der Waals surface area contributed by atoms with Crippen molar-refractivity contribution >= 4 is 24.4 Å². The molecule has 3 aromatic carbocycles. The Morgan fingerprint density at radius 1 is 0.816 bits per heavy atom. The lowest BCUT2D eigenvalue weighted by Crippen LogP contribution is -3.08. The largest absolute Gasteiger partial charge is 0.859 e. The van der Waals surface area contributed by atoms with Gasteiger partial charge < -0.3 is 33.9 Å². The zero-order valence-electron chi connectivity index (χ0n) is 27.1. The fourth-order valence-electron chi connectivity index (χ4n) is 6.47. The van der Waals surface area contributed by atoms with Crippen LogP contribution in [0.4, 0.5) is 0 Å². The predicted octanol–water partition coefficient (Wildman–Crippen LogP) is 3.27. The smallest absolute Gasteiger partial charge is 0.259 e. The first-order chi connectivity index (χ1) is 23.6. The summed E-state index contributed by atoms with van der Waals surface area (Å²) in [4.78, 5) is 34.5. The predicted molar refractivity (Wildman–Crippen MR) is 186 cm³/mol. The highest BCUT2D eigenvalue weighted by Gasteiger charge is 2.31. The number of aromatic amines is 2. The van der Waals surface area contributed by atoms with E-state index in [1.807, 2.05) is 6.07 Å². The third-order valence-electron chi connectivity index (χ3n) is 8.81. The Morgan fingerprint density at radius 2 is 1.39 bits per heavy atom. The number of likely N-dealkylation sites (tertiary alicyclic amines) is 1. The van der Waals surface area contributed by atoms with Crippen LogP contribution in [0.1, 0.15) is 41.0 Å². The van der Waals surface area contributed by atoms with E-state index < -0.39 is 28.8 Å². The lowest BCUT2D eigenvalue weighted by atomic mass is 9.85. The molecule has 254 valence electrons. The number of benzene rings is 3. The number of methoxy groups -OCH3 is 3. The normalized spacial score (nSPS) is 13.7. The first-order valence-electron chi connectivity index (χ1n) is 15.6. The van der Waals surface area contributed by atoms with Crippen molar-refractivity contribution in [2.45, 2.75) is 25.3 Å². The number of hydrogen-bond acceptors (Lipinski definition) is 9. The Bertz CT molecular complexity index is 2150. The molecule has 12 nitrogen and oxygen atoms in total. The van der Waals surface area contributed by atoms with Gasteiger partial charge in [0.25, 0.3) is 11.1 Å². The Balaban J connectivity index is 1.68. The number of H-pyrrole nitrogens is 2. The lowest BCUT2D eigenvalue weighted by molar-refractivity contribution is -0.901. The molecule has 3 heterocycles. The third kappa shape index (κ3) is 6.49. The van der Waals surface area contributed by atoms with Crippen LogP contribution in [0.25, 0.3) is 11.4 Å². The van der Waals surface area contributed by atoms with Crippen LogP contribution in [0.15, 0.2) is 76.3 Å². The third-order valence-corrected chi connectivity index (χ3v) is 9.38. The van der Waals surface area contributed by atoms with E-state index >= 15 is 0 Å². The van der Waals surface area contributed by atoms with Crippen molar-refractivity contribution in [2.75, 3.05) is 34.4 Å². The summed E-state index contributed by atoms with van der Waals surface area (Å²) in [5.41, 5.74) is -0.239. The molecule has 2 aromatic heterocycles. The molecule has 0 spiro atoms. The fourth-order valence-corrected chi connectivity index (χ4v) is 7.04. The number of ether oxygens (including phenoxy) is 3. The van der Waals surface area contributed by atoms with Crippen molar-refractivity contribution in [3.8, 4) is 40.4 Å². The Hall–Kier alpha value is -5.18. The molecular formula is C35H35N5O7S2. The zero-order chi connectivity index (χ0) is 34.8. The maximum atomic E-state index is 14.6. The second-order valence-corrected chi connectivity index (χ2v) is 12.5. The topological polar surface area (TPSA) is 151 Å². The maximum absolute atomic E-state index is 14.6. The van der Waals surface area contributed by atoms with E-state index in [-0.39, 0.29) is 20.7 Å². The van der Waals surface area contributed by atoms with E-state index in [0.29, 0.717) is 40.7 Å². The van der Waals surface area contributed by atoms with Crippen molar-refractivity contribution in [3.05, 3.63) is 119 Å². The molecule has 0 amide bonds. The molecule has 4 N–H and O–H groups in total. The van der Waals surface area contributed by atoms with Gasteiger partial charge in [-0.3, -0.25) is 24.1 Å². The monoisotopic (exact) mass is 701 g/mol. The highest BCUT2D eigenvalue weighted by molar-refractivity contribution is 7.71. The van der Waals surface area contributed by atoms with E-state index in [2.05, 4.69) is 9.97 Å². The van der Waals surface area contributed by atoms with Gasteiger partial charge in [-0.05, 0) is 72.3 Å². The summed E-state index contributed by atoms with van der Waals surface area (Å²) in [6, 6.07) is 18.6. The van der Waals surface area contributed by atoms with Crippen LogP contribution < -0.4 is 35.3 Å². The molecule has 6 rings (SSSR count). The number of aromatic hydroxyl groups is 1. The molecule has 0 aliphatic carbocycles. The number of rotatable bonds is 10. The number of hydrogen-bond donors (Lipinski definition) is 4. The minimum absolute atomic E-state index is 0.102. The van der Waals surface area contributed by atoms with Crippen molar-refractivity contribution in [2.24, 2.45) is 0 Å². The van der Waals surface area contributed by atoms with Crippen LogP contribution in [-0.4, -0.2) is 58.6 Å². The van der Waals surface area contributed by atoms with Gasteiger partial charge in [0.05, 0.1) is 57.3 Å². The summed E-state index contributed by atoms with van der Waals surface area (Å²) >= 11 is 11.0. The van der Waals surface area contributed by atoms with Gasteiger partial charge >= 0.3 is 0 Å². The molecular weight excluding hydrogens is 667 g/mol. The Morgan fingerprint density at radius 3 is 1.98 bits per heavy atom. The second-order valence-electron chi connectivity index (χ2n) is 11.7. The summed E-state index contributed by atoms with van der Waals surface area (Å²) in [5.74, 6) is -1.14. The number of aromatic nitrogens is 4. The molecule has 49 heavy (non-hydrogen) atoms. The molecule has 0 bridgehead atoms. The number of nitrogens with one attached hydrogen (secondary N) is 3. The van der Waals surface area contributed by atoms with Gasteiger partial charge in [0.15, 0.2) is 9.54 Å². The molecule has 0 saturated carbocycles. The minimum atomic E-state index is -1.38. The van der Waals surface area contributed by atoms with Crippen LogP contribution in [0.3, 0.4) is 0 Å². The number of quaternary nitrogens is 1. The van der Waals surface area contributed by atoms with Crippen molar-refractivity contribution in [1.29, 1.82) is 0 Å². The van der Waals surface area contributed by atoms with E-state index in [0.717, 1.165) is 31.5 Å². The van der Waals surface area contributed by atoms with Crippen LogP contribution in [0, 0.1) is 9.54 Å². The molecule has 1 atom stereocenters. The van der Waals surface area contributed by atoms with Crippen molar-refractivity contribution < 1.29 is 29.3 Å². The Labute approximate surface area is 291 Å². The lowest BCUT2D eigenvalue weighted by Gasteiger charge is -2.28. The van der Waals surface area contributed by atoms with Gasteiger partial charge in [0, 0.05) is 36.1 Å². The molecule has 5 aromatic rings. The fraction of sp³-hybridized carbons (Fsp3) is 0.257. The molecule has 0 radical (unpaired) electrons. The van der Waals surface area contributed by atoms with E-state index in [1.54, 1.807) is 67.8 Å². The first-order valence-corrected chi connectivity index (χ1v) is 16.4. The summed E-state index contributed by atoms with van der Waals surface area (Å²) in [6.45, 7) is 2.60. The molecule has 1 aliphatic rings. The van der Waals surface area contributed by atoms with E-state index in [1.165, 1.54) is 28.3 Å². The Kier molecular flexibility index (Phi) is 9.72. The van der Waals surface area contributed by atoms with Crippen LogP contribution in [0.2, 0.25) is 0 Å². The van der Waals surface area contributed by atoms with Gasteiger partial charge in [-0.2, -0.15) is 0 Å². The van der Waals surface area contributed by atoms with Crippen molar-refractivity contribution in [1.82, 2.24) is 19.1 Å². The van der Waals surface area contributed by atoms with Gasteiger partial charge in [0.2, 0.25) is 5.88 Å². The molecule has 1 saturated heterocycles. The maximum Gasteiger partial charge on any atom is 0.259 e. The SMILES string of the molecule is COc1cccc(-n2c([O-])c(C(c3ccc(OC)c(C[NH+]4CCCC4)c3)c3c(O)n(-c4cccc(OC)c4)c(=S)[nH]c3=O)c(=O)[nH]c2=S)c1. The first kappa shape index (κ1) is 33.7. The van der Waals surface area contributed by atoms with Gasteiger partial charge in [-0.15, -0.1) is 0 Å². The molecule has 1 unspecified atom stereocenters. The minimum Gasteiger partial charge on any atom is -0.859 e. The molecule has 1 fully saturated rings. The zero-order valence-corrected chi connectivity index (χ0v) is 28.7. The summed E-state index contributed by atoms with van der Waals surface area (Å²) in [7, 11) is 4.57. The van der Waals surface area contributed by atoms with Crippen LogP contribution in [0.5, 0.6) is 29.0 Å². The van der Waals surface area contributed by atoms with Gasteiger partial charge in [-0.25, -0.2) is 0 Å². The average Bonchev–Trinajstić information content (AvgIpc) is 3.60. The highest BCUT2D eigenvalue weighted by Crippen LogP contribution is 2.39. The standard InChI is InChI=1S/C35H35N5O7S2/c1-45-24-10-6-8-22(17-24)39-32(43)28(30(41)36-34(39)48)27(20-12-13-26(47-3)21(16-20)19-38-14-4-5-15-38)29-31(42)37-35(49)40(33(29)44)23-9-7-11-25(18-23)46-2/h6-13,16-18,27,43-44H,4-5,14-15,19H2,1-3H3,(H,36,41,48)(H,37,42,49). The van der Waals surface area contributed by atoms with Gasteiger partial charge in [-0.1, -0.05) is 18.2 Å². The average molecular weight is 702 g/mol. The summed E-state index contributed by atoms with van der Waals surface area (Å²) in [6.07, 6.45) is 2.21. The van der Waals surface area contributed by atoms with E-state index in [4.69, 9.17) is 38.6 Å². The summed E-state index contributed by atoms with van der Waals surface area (Å²) < 4.78 is 18.6. The van der Waals surface area contributed by atoms with Crippen molar-refractivity contribution in [3.63, 3.8) is 0 Å². The quantitative estimate of drug-likeness (QED) is 0.161. The summed E-state index contributed by atoms with van der Waals surface area (Å²) in [5, 5.41) is 26.6. The number of nitrogens with zero attached hydrogens (tertiary/aromatic N) is 2.